The van der Waals surface area contributed by atoms with E-state index < -0.39 is 0 Å². The summed E-state index contributed by atoms with van der Waals surface area (Å²) in [5.74, 6) is 0.958. The van der Waals surface area contributed by atoms with Crippen LogP contribution in [0.3, 0.4) is 0 Å². The highest BCUT2D eigenvalue weighted by atomic mass is 16.7. The van der Waals surface area contributed by atoms with Crippen LogP contribution in [0.5, 0.6) is 17.2 Å². The summed E-state index contributed by atoms with van der Waals surface area (Å²) in [6.07, 6.45) is 0. The van der Waals surface area contributed by atoms with Crippen LogP contribution in [0.15, 0.2) is 127 Å². The average Bonchev–Trinajstić information content (AvgIpc) is 3.05. The Bertz CT molecular complexity index is 2070. The van der Waals surface area contributed by atoms with E-state index in [9.17, 15) is 10.2 Å². The molecule has 0 atom stereocenters. The van der Waals surface area contributed by atoms with Crippen molar-refractivity contribution in [1.29, 1.82) is 0 Å². The van der Waals surface area contributed by atoms with Gasteiger partial charge in [-0.2, -0.15) is 0 Å². The molecule has 4 heteroatoms. The molecule has 0 aliphatic heterocycles. The van der Waals surface area contributed by atoms with Gasteiger partial charge in [0, 0.05) is 39.8 Å². The van der Waals surface area contributed by atoms with Gasteiger partial charge in [-0.1, -0.05) is 115 Å². The fourth-order valence-electron chi connectivity index (χ4n) is 6.08. The standard InChI is InChI=1S/C38H28O4/c1-41-23-42-27-21-19-24(20-22-27)28-17-10-18-31-34(28)38(40)36-33(26-13-6-3-7-14-26)30-16-9-8-15-29(30)32(35(36)37(31)39)25-11-4-2-5-12-25/h2-22,39-40H,23H2,1H3. The predicted octanol–water partition coefficient (Wildman–Crippen LogP) is 9.54. The first-order valence-corrected chi connectivity index (χ1v) is 13.9. The molecule has 42 heavy (non-hydrogen) atoms. The molecule has 0 unspecified atom stereocenters. The van der Waals surface area contributed by atoms with Gasteiger partial charge in [-0.25, -0.2) is 0 Å². The molecular formula is C38H28O4. The number of rotatable bonds is 6. The lowest BCUT2D eigenvalue weighted by atomic mass is 9.83. The highest BCUT2D eigenvalue weighted by Crippen LogP contribution is 2.54. The molecule has 0 fully saturated rings. The maximum Gasteiger partial charge on any atom is 0.188 e. The van der Waals surface area contributed by atoms with E-state index in [4.69, 9.17) is 9.47 Å². The largest absolute Gasteiger partial charge is 0.507 e. The Balaban J connectivity index is 1.65. The molecule has 0 saturated carbocycles. The second-order valence-corrected chi connectivity index (χ2v) is 10.3. The van der Waals surface area contributed by atoms with Crippen LogP contribution >= 0.6 is 0 Å². The van der Waals surface area contributed by atoms with Crippen molar-refractivity contribution in [2.75, 3.05) is 13.9 Å². The van der Waals surface area contributed by atoms with E-state index in [0.29, 0.717) is 27.3 Å². The monoisotopic (exact) mass is 548 g/mol. The first-order chi connectivity index (χ1) is 20.7. The molecule has 7 aromatic rings. The summed E-state index contributed by atoms with van der Waals surface area (Å²) in [4.78, 5) is 0. The molecule has 7 aromatic carbocycles. The number of benzene rings is 7. The molecule has 0 amide bonds. The predicted molar refractivity (Wildman–Crippen MR) is 171 cm³/mol. The van der Waals surface area contributed by atoms with Crippen molar-refractivity contribution in [2.24, 2.45) is 0 Å². The van der Waals surface area contributed by atoms with Crippen molar-refractivity contribution < 1.29 is 19.7 Å². The Labute approximate surface area is 243 Å². The van der Waals surface area contributed by atoms with Crippen LogP contribution in [0.4, 0.5) is 0 Å². The lowest BCUT2D eigenvalue weighted by Gasteiger charge is -2.22. The highest BCUT2D eigenvalue weighted by Gasteiger charge is 2.25. The molecule has 0 aromatic heterocycles. The van der Waals surface area contributed by atoms with Crippen molar-refractivity contribution in [3.05, 3.63) is 127 Å². The Kier molecular flexibility index (Phi) is 6.46. The highest BCUT2D eigenvalue weighted by molar-refractivity contribution is 6.29. The second-order valence-electron chi connectivity index (χ2n) is 10.3. The SMILES string of the molecule is COCOc1ccc(-c2cccc3c(O)c4c(-c5ccccc5)c5ccccc5c(-c5ccccc5)c4c(O)c23)cc1. The molecule has 2 N–H and O–H groups in total. The molecule has 0 radical (unpaired) electrons. The molecule has 0 aliphatic carbocycles. The number of methoxy groups -OCH3 is 1. The number of hydrogen-bond acceptors (Lipinski definition) is 4. The maximum absolute atomic E-state index is 12.4. The van der Waals surface area contributed by atoms with E-state index in [2.05, 4.69) is 24.3 Å². The lowest BCUT2D eigenvalue weighted by Crippen LogP contribution is -1.98. The smallest absolute Gasteiger partial charge is 0.188 e. The van der Waals surface area contributed by atoms with Crippen molar-refractivity contribution >= 4 is 32.3 Å². The Hall–Kier alpha value is -5.32. The fraction of sp³-hybridized carbons (Fsp3) is 0.0526. The van der Waals surface area contributed by atoms with Gasteiger partial charge in [0.15, 0.2) is 6.79 Å². The first-order valence-electron chi connectivity index (χ1n) is 13.9. The van der Waals surface area contributed by atoms with Crippen LogP contribution in [-0.2, 0) is 4.74 Å². The summed E-state index contributed by atoms with van der Waals surface area (Å²) in [5.41, 5.74) is 5.41. The van der Waals surface area contributed by atoms with E-state index >= 15 is 0 Å². The lowest BCUT2D eigenvalue weighted by molar-refractivity contribution is 0.0511. The van der Waals surface area contributed by atoms with Crippen molar-refractivity contribution in [3.8, 4) is 50.6 Å². The maximum atomic E-state index is 12.4. The summed E-state index contributed by atoms with van der Waals surface area (Å²) in [6, 6.07) is 41.8. The van der Waals surface area contributed by atoms with E-state index in [1.165, 1.54) is 0 Å². The third-order valence-electron chi connectivity index (χ3n) is 7.88. The molecule has 4 nitrogen and oxygen atoms in total. The van der Waals surface area contributed by atoms with E-state index in [1.807, 2.05) is 103 Å². The number of fused-ring (bicyclic) bond motifs is 3. The third kappa shape index (κ3) is 4.12. The quantitative estimate of drug-likeness (QED) is 0.123. The van der Waals surface area contributed by atoms with Crippen LogP contribution in [0.25, 0.3) is 65.7 Å². The summed E-state index contributed by atoms with van der Waals surface area (Å²) >= 11 is 0. The number of aromatic hydroxyl groups is 2. The minimum absolute atomic E-state index is 0.134. The normalized spacial score (nSPS) is 11.4. The van der Waals surface area contributed by atoms with Gasteiger partial charge in [0.2, 0.25) is 0 Å². The Morgan fingerprint density at radius 1 is 0.476 bits per heavy atom. The van der Waals surface area contributed by atoms with Gasteiger partial charge in [0.05, 0.1) is 0 Å². The molecule has 7 rings (SSSR count). The van der Waals surface area contributed by atoms with Gasteiger partial charge in [0.1, 0.15) is 17.2 Å². The summed E-state index contributed by atoms with van der Waals surface area (Å²) in [6.45, 7) is 0.161. The number of hydrogen-bond donors (Lipinski definition) is 2. The van der Waals surface area contributed by atoms with Crippen LogP contribution in [0, 0.1) is 0 Å². The number of ether oxygens (including phenoxy) is 2. The van der Waals surface area contributed by atoms with Gasteiger partial charge in [-0.3, -0.25) is 0 Å². The minimum atomic E-state index is 0.134. The van der Waals surface area contributed by atoms with E-state index in [0.717, 1.165) is 44.2 Å². The molecule has 0 saturated heterocycles. The van der Waals surface area contributed by atoms with Crippen LogP contribution in [0.2, 0.25) is 0 Å². The van der Waals surface area contributed by atoms with E-state index in [1.54, 1.807) is 7.11 Å². The van der Waals surface area contributed by atoms with Crippen molar-refractivity contribution in [3.63, 3.8) is 0 Å². The third-order valence-corrected chi connectivity index (χ3v) is 7.88. The van der Waals surface area contributed by atoms with Gasteiger partial charge >= 0.3 is 0 Å². The summed E-state index contributed by atoms with van der Waals surface area (Å²) in [7, 11) is 1.58. The molecular weight excluding hydrogens is 520 g/mol. The Morgan fingerprint density at radius 3 is 1.57 bits per heavy atom. The molecule has 0 bridgehead atoms. The van der Waals surface area contributed by atoms with Crippen molar-refractivity contribution in [1.82, 2.24) is 0 Å². The molecule has 0 heterocycles. The number of phenolic OH excluding ortho intramolecular Hbond substituents is 2. The molecule has 0 spiro atoms. The summed E-state index contributed by atoms with van der Waals surface area (Å²) in [5, 5.41) is 29.0. The van der Waals surface area contributed by atoms with Crippen molar-refractivity contribution in [2.45, 2.75) is 0 Å². The fourth-order valence-corrected chi connectivity index (χ4v) is 6.08. The molecule has 204 valence electrons. The first kappa shape index (κ1) is 25.6. The minimum Gasteiger partial charge on any atom is -0.507 e. The Morgan fingerprint density at radius 2 is 1.00 bits per heavy atom. The average molecular weight is 549 g/mol. The van der Waals surface area contributed by atoms with Crippen LogP contribution < -0.4 is 4.74 Å². The van der Waals surface area contributed by atoms with Crippen LogP contribution in [-0.4, -0.2) is 24.1 Å². The second kappa shape index (κ2) is 10.6. The van der Waals surface area contributed by atoms with Crippen LogP contribution in [0.1, 0.15) is 0 Å². The van der Waals surface area contributed by atoms with Gasteiger partial charge in [-0.05, 0) is 45.2 Å². The number of phenols is 2. The van der Waals surface area contributed by atoms with Gasteiger partial charge in [-0.15, -0.1) is 0 Å². The zero-order valence-electron chi connectivity index (χ0n) is 23.0. The summed E-state index contributed by atoms with van der Waals surface area (Å²) < 4.78 is 10.6. The van der Waals surface area contributed by atoms with E-state index in [-0.39, 0.29) is 18.3 Å². The van der Waals surface area contributed by atoms with Gasteiger partial charge in [0.25, 0.3) is 0 Å². The topological polar surface area (TPSA) is 58.9 Å². The zero-order valence-corrected chi connectivity index (χ0v) is 23.0. The van der Waals surface area contributed by atoms with Gasteiger partial charge < -0.3 is 19.7 Å². The molecule has 0 aliphatic rings. The zero-order chi connectivity index (χ0) is 28.6.